The molecule has 17 heavy (non-hydrogen) atoms. The van der Waals surface area contributed by atoms with E-state index in [9.17, 15) is 0 Å². The Morgan fingerprint density at radius 1 is 1.29 bits per heavy atom. The molecule has 1 aromatic rings. The smallest absolute Gasteiger partial charge is 0.0393 e. The number of hydrogen-bond donors (Lipinski definition) is 1. The van der Waals surface area contributed by atoms with Gasteiger partial charge in [-0.25, -0.2) is 0 Å². The highest BCUT2D eigenvalue weighted by atomic mass is 15.1. The van der Waals surface area contributed by atoms with Crippen LogP contribution in [0.3, 0.4) is 0 Å². The molecule has 0 amide bonds. The van der Waals surface area contributed by atoms with Gasteiger partial charge in [0, 0.05) is 25.3 Å². The molecule has 1 aromatic carbocycles. The van der Waals surface area contributed by atoms with Crippen molar-refractivity contribution in [1.82, 2.24) is 5.32 Å². The number of rotatable bonds is 4. The van der Waals surface area contributed by atoms with Crippen LogP contribution in [-0.4, -0.2) is 26.2 Å². The Morgan fingerprint density at radius 2 is 2.12 bits per heavy atom. The average molecular weight is 232 g/mol. The molecule has 1 N–H and O–H groups in total. The zero-order valence-electron chi connectivity index (χ0n) is 11.1. The van der Waals surface area contributed by atoms with E-state index in [0.717, 1.165) is 12.6 Å². The number of benzene rings is 1. The average Bonchev–Trinajstić information content (AvgIpc) is 2.38. The summed E-state index contributed by atoms with van der Waals surface area (Å²) in [7, 11) is 2.20. The lowest BCUT2D eigenvalue weighted by Crippen LogP contribution is -2.36. The van der Waals surface area contributed by atoms with Gasteiger partial charge in [-0.15, -0.1) is 0 Å². The molecule has 2 rings (SSSR count). The summed E-state index contributed by atoms with van der Waals surface area (Å²) in [4.78, 5) is 2.38. The lowest BCUT2D eigenvalue weighted by molar-refractivity contribution is 0.384. The second-order valence-electron chi connectivity index (χ2n) is 5.14. The molecule has 1 aliphatic heterocycles. The van der Waals surface area contributed by atoms with Crippen LogP contribution >= 0.6 is 0 Å². The summed E-state index contributed by atoms with van der Waals surface area (Å²) in [5.41, 5.74) is 2.73. The lowest BCUT2D eigenvalue weighted by atomic mass is 10.0. The van der Waals surface area contributed by atoms with E-state index in [0.29, 0.717) is 0 Å². The van der Waals surface area contributed by atoms with Crippen LogP contribution in [-0.2, 0) is 0 Å². The first-order chi connectivity index (χ1) is 8.27. The van der Waals surface area contributed by atoms with Crippen molar-refractivity contribution in [3.05, 3.63) is 29.8 Å². The van der Waals surface area contributed by atoms with E-state index in [1.165, 1.54) is 43.5 Å². The van der Waals surface area contributed by atoms with Crippen molar-refractivity contribution < 1.29 is 0 Å². The molecule has 94 valence electrons. The number of piperidine rings is 1. The van der Waals surface area contributed by atoms with Crippen molar-refractivity contribution >= 4 is 5.69 Å². The summed E-state index contributed by atoms with van der Waals surface area (Å²) in [6, 6.07) is 9.36. The quantitative estimate of drug-likeness (QED) is 0.858. The van der Waals surface area contributed by atoms with Gasteiger partial charge in [0.05, 0.1) is 0 Å². The first kappa shape index (κ1) is 12.4. The molecular formula is C15H24N2. The molecule has 1 saturated heterocycles. The van der Waals surface area contributed by atoms with Gasteiger partial charge in [0.15, 0.2) is 0 Å². The van der Waals surface area contributed by atoms with E-state index < -0.39 is 0 Å². The molecule has 1 aliphatic rings. The van der Waals surface area contributed by atoms with Crippen LogP contribution < -0.4 is 10.2 Å². The molecular weight excluding hydrogens is 208 g/mol. The number of aryl methyl sites for hydroxylation is 1. The molecule has 0 aliphatic carbocycles. The largest absolute Gasteiger partial charge is 0.374 e. The number of anilines is 1. The highest BCUT2D eigenvalue weighted by molar-refractivity contribution is 5.52. The third-order valence-corrected chi connectivity index (χ3v) is 3.75. The lowest BCUT2D eigenvalue weighted by Gasteiger charge is -2.27. The second kappa shape index (κ2) is 6.06. The molecule has 2 nitrogen and oxygen atoms in total. The summed E-state index contributed by atoms with van der Waals surface area (Å²) in [6.45, 7) is 4.53. The van der Waals surface area contributed by atoms with Gasteiger partial charge in [-0.2, -0.15) is 0 Å². The molecule has 0 radical (unpaired) electrons. The minimum atomic E-state index is 0.732. The fourth-order valence-corrected chi connectivity index (χ4v) is 2.63. The first-order valence-corrected chi connectivity index (χ1v) is 6.77. The van der Waals surface area contributed by atoms with Gasteiger partial charge in [-0.05, 0) is 44.4 Å². The van der Waals surface area contributed by atoms with Crippen LogP contribution in [0.5, 0.6) is 0 Å². The van der Waals surface area contributed by atoms with Gasteiger partial charge in [0.1, 0.15) is 0 Å². The standard InChI is InChI=1S/C15H24N2/c1-13-7-3-4-9-15(13)17(2)12-10-14-8-5-6-11-16-14/h3-4,7,9,14,16H,5-6,8,10-12H2,1-2H3. The molecule has 0 saturated carbocycles. The predicted octanol–water partition coefficient (Wildman–Crippen LogP) is 2.96. The normalized spacial score (nSPS) is 20.2. The molecule has 0 aromatic heterocycles. The maximum atomic E-state index is 3.61. The van der Waals surface area contributed by atoms with Crippen molar-refractivity contribution in [2.24, 2.45) is 0 Å². The van der Waals surface area contributed by atoms with Crippen molar-refractivity contribution in [2.45, 2.75) is 38.6 Å². The number of nitrogens with one attached hydrogen (secondary N) is 1. The molecule has 1 heterocycles. The zero-order valence-corrected chi connectivity index (χ0v) is 11.1. The highest BCUT2D eigenvalue weighted by Crippen LogP contribution is 2.19. The Labute approximate surface area is 105 Å². The number of hydrogen-bond acceptors (Lipinski definition) is 2. The Balaban J connectivity index is 1.84. The van der Waals surface area contributed by atoms with Gasteiger partial charge in [-0.3, -0.25) is 0 Å². The van der Waals surface area contributed by atoms with Crippen LogP contribution in [0.25, 0.3) is 0 Å². The van der Waals surface area contributed by atoms with Gasteiger partial charge in [0.25, 0.3) is 0 Å². The topological polar surface area (TPSA) is 15.3 Å². The summed E-state index contributed by atoms with van der Waals surface area (Å²) < 4.78 is 0. The fraction of sp³-hybridized carbons (Fsp3) is 0.600. The minimum Gasteiger partial charge on any atom is -0.374 e. The number of para-hydroxylation sites is 1. The Kier molecular flexibility index (Phi) is 4.43. The third kappa shape index (κ3) is 3.47. The van der Waals surface area contributed by atoms with E-state index in [2.05, 4.69) is 48.5 Å². The van der Waals surface area contributed by atoms with Crippen LogP contribution in [0.4, 0.5) is 5.69 Å². The molecule has 0 spiro atoms. The van der Waals surface area contributed by atoms with Crippen LogP contribution in [0.2, 0.25) is 0 Å². The van der Waals surface area contributed by atoms with Gasteiger partial charge >= 0.3 is 0 Å². The van der Waals surface area contributed by atoms with Crippen molar-refractivity contribution in [1.29, 1.82) is 0 Å². The van der Waals surface area contributed by atoms with E-state index in [1.807, 2.05) is 0 Å². The maximum Gasteiger partial charge on any atom is 0.0393 e. The molecule has 1 atom stereocenters. The van der Waals surface area contributed by atoms with Crippen LogP contribution in [0.1, 0.15) is 31.2 Å². The Morgan fingerprint density at radius 3 is 2.82 bits per heavy atom. The third-order valence-electron chi connectivity index (χ3n) is 3.75. The zero-order chi connectivity index (χ0) is 12.1. The van der Waals surface area contributed by atoms with Gasteiger partial charge in [0.2, 0.25) is 0 Å². The Hall–Kier alpha value is -1.02. The van der Waals surface area contributed by atoms with Crippen LogP contribution in [0.15, 0.2) is 24.3 Å². The molecule has 1 fully saturated rings. The summed E-state index contributed by atoms with van der Waals surface area (Å²) in [5.74, 6) is 0. The van der Waals surface area contributed by atoms with E-state index >= 15 is 0 Å². The minimum absolute atomic E-state index is 0.732. The van der Waals surface area contributed by atoms with E-state index in [1.54, 1.807) is 0 Å². The van der Waals surface area contributed by atoms with Crippen molar-refractivity contribution in [3.63, 3.8) is 0 Å². The second-order valence-corrected chi connectivity index (χ2v) is 5.14. The van der Waals surface area contributed by atoms with E-state index in [4.69, 9.17) is 0 Å². The monoisotopic (exact) mass is 232 g/mol. The summed E-state index contributed by atoms with van der Waals surface area (Å²) in [5, 5.41) is 3.61. The fourth-order valence-electron chi connectivity index (χ4n) is 2.63. The van der Waals surface area contributed by atoms with Crippen LogP contribution in [0, 0.1) is 6.92 Å². The SMILES string of the molecule is Cc1ccccc1N(C)CCC1CCCCN1. The summed E-state index contributed by atoms with van der Waals surface area (Å²) in [6.07, 6.45) is 5.35. The molecule has 1 unspecified atom stereocenters. The maximum absolute atomic E-state index is 3.61. The Bertz CT molecular complexity index is 343. The summed E-state index contributed by atoms with van der Waals surface area (Å²) >= 11 is 0. The van der Waals surface area contributed by atoms with E-state index in [-0.39, 0.29) is 0 Å². The number of nitrogens with zero attached hydrogens (tertiary/aromatic N) is 1. The molecule has 0 bridgehead atoms. The predicted molar refractivity (Wildman–Crippen MR) is 74.7 cm³/mol. The van der Waals surface area contributed by atoms with Crippen molar-refractivity contribution in [2.75, 3.05) is 25.0 Å². The first-order valence-electron chi connectivity index (χ1n) is 6.77. The highest BCUT2D eigenvalue weighted by Gasteiger charge is 2.13. The molecule has 2 heteroatoms. The van der Waals surface area contributed by atoms with Gasteiger partial charge < -0.3 is 10.2 Å². The van der Waals surface area contributed by atoms with Gasteiger partial charge in [-0.1, -0.05) is 24.6 Å². The van der Waals surface area contributed by atoms with Crippen molar-refractivity contribution in [3.8, 4) is 0 Å².